The van der Waals surface area contributed by atoms with Crippen molar-refractivity contribution in [1.82, 2.24) is 4.57 Å². The van der Waals surface area contributed by atoms with Crippen molar-refractivity contribution < 1.29 is 8.83 Å². The number of para-hydroxylation sites is 3. The lowest BCUT2D eigenvalue weighted by Gasteiger charge is -2.18. The molecule has 55 heavy (non-hydrogen) atoms. The first-order valence-electron chi connectivity index (χ1n) is 18.8. The molecule has 0 fully saturated rings. The second-order valence-electron chi connectivity index (χ2n) is 14.4. The Bertz CT molecular complexity index is 3420. The molecule has 0 aliphatic rings. The smallest absolute Gasteiger partial charge is 0.178 e. The van der Waals surface area contributed by atoms with Crippen LogP contribution in [0, 0.1) is 0 Å². The number of rotatable bonds is 4. The summed E-state index contributed by atoms with van der Waals surface area (Å²) in [5.41, 5.74) is 12.8. The van der Waals surface area contributed by atoms with E-state index in [9.17, 15) is 0 Å². The van der Waals surface area contributed by atoms with E-state index in [4.69, 9.17) is 8.83 Å². The van der Waals surface area contributed by atoms with Gasteiger partial charge in [-0.15, -0.1) is 0 Å². The van der Waals surface area contributed by atoms with Gasteiger partial charge >= 0.3 is 0 Å². The van der Waals surface area contributed by atoms with Crippen LogP contribution in [-0.4, -0.2) is 4.57 Å². The molecule has 0 radical (unpaired) electrons. The fraction of sp³-hybridized carbons (Fsp3) is 0. The van der Waals surface area contributed by atoms with Gasteiger partial charge in [0.1, 0.15) is 5.58 Å². The standard InChI is InChI=1S/C52H31NO2/c1-3-14-32(15-4-1)45-31-54-51-42(45)28-27-41-40-23-13-24-43(50(40)55-52(41)51)49-38-21-9-7-19-36(38)48(37-20-8-10-22-39(37)49)33-26-29-47-44(30-33)35-18-11-12-25-46(35)53(47)34-16-5-2-6-17-34/h1-31H. The van der Waals surface area contributed by atoms with Crippen molar-refractivity contribution >= 4 is 76.3 Å². The second-order valence-corrected chi connectivity index (χ2v) is 14.4. The summed E-state index contributed by atoms with van der Waals surface area (Å²) in [4.78, 5) is 0. The lowest BCUT2D eigenvalue weighted by Crippen LogP contribution is -1.93. The summed E-state index contributed by atoms with van der Waals surface area (Å²) in [7, 11) is 0. The maximum Gasteiger partial charge on any atom is 0.178 e. The van der Waals surface area contributed by atoms with Gasteiger partial charge in [-0.05, 0) is 80.7 Å². The maximum atomic E-state index is 6.95. The first-order valence-corrected chi connectivity index (χ1v) is 18.8. The summed E-state index contributed by atoms with van der Waals surface area (Å²) in [6.45, 7) is 0. The van der Waals surface area contributed by atoms with Crippen molar-refractivity contribution in [3.05, 3.63) is 188 Å². The third kappa shape index (κ3) is 4.32. The van der Waals surface area contributed by atoms with Crippen LogP contribution in [0.2, 0.25) is 0 Å². The molecule has 256 valence electrons. The molecular formula is C52H31NO2. The minimum Gasteiger partial charge on any atom is -0.460 e. The first-order chi connectivity index (χ1) is 27.3. The van der Waals surface area contributed by atoms with Gasteiger partial charge in [0.25, 0.3) is 0 Å². The van der Waals surface area contributed by atoms with Gasteiger partial charge in [0.05, 0.1) is 17.3 Å². The molecule has 0 saturated heterocycles. The van der Waals surface area contributed by atoms with Gasteiger partial charge in [-0.1, -0.05) is 140 Å². The van der Waals surface area contributed by atoms with E-state index < -0.39 is 0 Å². The largest absolute Gasteiger partial charge is 0.460 e. The SMILES string of the molecule is c1ccc(-c2coc3c2ccc2c4cccc(-c5c6ccccc6c(-c6ccc7c(c6)c6ccccc6n7-c6ccccc6)c6ccccc56)c4oc23)cc1. The van der Waals surface area contributed by atoms with Crippen LogP contribution >= 0.6 is 0 Å². The molecule has 3 heteroatoms. The second kappa shape index (κ2) is 11.6. The van der Waals surface area contributed by atoms with Crippen LogP contribution in [0.1, 0.15) is 0 Å². The Kier molecular flexibility index (Phi) is 6.34. The number of aromatic nitrogens is 1. The summed E-state index contributed by atoms with van der Waals surface area (Å²) in [5, 5.41) is 10.4. The Morgan fingerprint density at radius 3 is 1.65 bits per heavy atom. The third-order valence-electron chi connectivity index (χ3n) is 11.5. The van der Waals surface area contributed by atoms with E-state index >= 15 is 0 Å². The number of benzene rings is 9. The first kappa shape index (κ1) is 30.1. The Balaban J connectivity index is 1.12. The van der Waals surface area contributed by atoms with E-state index in [1.165, 1.54) is 60.0 Å². The minimum atomic E-state index is 0.771. The zero-order chi connectivity index (χ0) is 36.0. The average molecular weight is 702 g/mol. The molecule has 0 atom stereocenters. The highest BCUT2D eigenvalue weighted by atomic mass is 16.4. The topological polar surface area (TPSA) is 31.2 Å². The Hall–Kier alpha value is -7.36. The summed E-state index contributed by atoms with van der Waals surface area (Å²) in [5.74, 6) is 0. The van der Waals surface area contributed by atoms with Crippen molar-refractivity contribution in [2.45, 2.75) is 0 Å². The van der Waals surface area contributed by atoms with Gasteiger partial charge in [0.15, 0.2) is 11.2 Å². The number of furan rings is 2. The quantitative estimate of drug-likeness (QED) is 0.171. The van der Waals surface area contributed by atoms with Gasteiger partial charge in [0.2, 0.25) is 0 Å². The van der Waals surface area contributed by atoms with E-state index in [0.29, 0.717) is 0 Å². The molecule has 3 aromatic heterocycles. The fourth-order valence-corrected chi connectivity index (χ4v) is 9.10. The van der Waals surface area contributed by atoms with E-state index in [0.717, 1.165) is 55.3 Å². The summed E-state index contributed by atoms with van der Waals surface area (Å²) in [6, 6.07) is 65.3. The molecule has 0 unspecified atom stereocenters. The van der Waals surface area contributed by atoms with Crippen LogP contribution in [0.25, 0.3) is 115 Å². The van der Waals surface area contributed by atoms with Crippen molar-refractivity contribution in [3.8, 4) is 39.1 Å². The molecule has 3 heterocycles. The minimum absolute atomic E-state index is 0.771. The zero-order valence-corrected chi connectivity index (χ0v) is 29.7. The monoisotopic (exact) mass is 701 g/mol. The highest BCUT2D eigenvalue weighted by Gasteiger charge is 2.23. The molecule has 12 rings (SSSR count). The molecule has 0 aliphatic heterocycles. The predicted molar refractivity (Wildman–Crippen MR) is 229 cm³/mol. The summed E-state index contributed by atoms with van der Waals surface area (Å²) < 4.78 is 15.6. The average Bonchev–Trinajstić information content (AvgIpc) is 3.95. The van der Waals surface area contributed by atoms with Crippen molar-refractivity contribution in [3.63, 3.8) is 0 Å². The molecule has 12 aromatic rings. The lowest BCUT2D eigenvalue weighted by molar-refractivity contribution is 0.601. The van der Waals surface area contributed by atoms with Gasteiger partial charge in [-0.3, -0.25) is 0 Å². The van der Waals surface area contributed by atoms with Gasteiger partial charge in [-0.25, -0.2) is 0 Å². The van der Waals surface area contributed by atoms with Crippen LogP contribution < -0.4 is 0 Å². The van der Waals surface area contributed by atoms with Crippen molar-refractivity contribution in [2.24, 2.45) is 0 Å². The van der Waals surface area contributed by atoms with Crippen LogP contribution in [0.5, 0.6) is 0 Å². The lowest BCUT2D eigenvalue weighted by atomic mass is 9.85. The third-order valence-corrected chi connectivity index (χ3v) is 11.5. The highest BCUT2D eigenvalue weighted by molar-refractivity contribution is 6.26. The van der Waals surface area contributed by atoms with Gasteiger partial charge in [-0.2, -0.15) is 0 Å². The summed E-state index contributed by atoms with van der Waals surface area (Å²) in [6.07, 6.45) is 1.85. The van der Waals surface area contributed by atoms with Gasteiger partial charge < -0.3 is 13.4 Å². The van der Waals surface area contributed by atoms with Crippen LogP contribution in [0.3, 0.4) is 0 Å². The van der Waals surface area contributed by atoms with E-state index in [1.807, 2.05) is 12.3 Å². The molecule has 3 nitrogen and oxygen atoms in total. The number of hydrogen-bond donors (Lipinski definition) is 0. The van der Waals surface area contributed by atoms with Gasteiger partial charge in [0, 0.05) is 49.3 Å². The number of fused-ring (bicyclic) bond motifs is 10. The molecule has 0 amide bonds. The Morgan fingerprint density at radius 2 is 0.909 bits per heavy atom. The van der Waals surface area contributed by atoms with Crippen molar-refractivity contribution in [2.75, 3.05) is 0 Å². The van der Waals surface area contributed by atoms with Crippen LogP contribution in [0.4, 0.5) is 0 Å². The molecule has 0 aliphatic carbocycles. The molecule has 9 aromatic carbocycles. The summed E-state index contributed by atoms with van der Waals surface area (Å²) >= 11 is 0. The van der Waals surface area contributed by atoms with Crippen molar-refractivity contribution in [1.29, 1.82) is 0 Å². The number of hydrogen-bond acceptors (Lipinski definition) is 2. The maximum absolute atomic E-state index is 6.95. The van der Waals surface area contributed by atoms with E-state index in [2.05, 4.69) is 180 Å². The molecule has 0 bridgehead atoms. The molecule has 0 N–H and O–H groups in total. The predicted octanol–water partition coefficient (Wildman–Crippen LogP) is 14.7. The van der Waals surface area contributed by atoms with Crippen LogP contribution in [0.15, 0.2) is 197 Å². The van der Waals surface area contributed by atoms with E-state index in [-0.39, 0.29) is 0 Å². The number of nitrogens with zero attached hydrogens (tertiary/aromatic N) is 1. The Labute approximate surface area is 315 Å². The normalized spacial score (nSPS) is 12.0. The molecular weight excluding hydrogens is 671 g/mol. The van der Waals surface area contributed by atoms with E-state index in [1.54, 1.807) is 0 Å². The molecule has 0 spiro atoms. The Morgan fingerprint density at radius 1 is 0.327 bits per heavy atom. The fourth-order valence-electron chi connectivity index (χ4n) is 9.10. The molecule has 0 saturated carbocycles. The highest BCUT2D eigenvalue weighted by Crippen LogP contribution is 2.48. The zero-order valence-electron chi connectivity index (χ0n) is 29.7. The van der Waals surface area contributed by atoms with Crippen LogP contribution in [-0.2, 0) is 0 Å².